The van der Waals surface area contributed by atoms with Crippen molar-refractivity contribution in [3.8, 4) is 0 Å². The number of allylic oxidation sites excluding steroid dienone is 2. The molecule has 1 aliphatic carbocycles. The van der Waals surface area contributed by atoms with Gasteiger partial charge in [-0.05, 0) is 32.3 Å². The Morgan fingerprint density at radius 3 is 2.87 bits per heavy atom. The number of aryl methyl sites for hydroxylation is 1. The maximum Gasteiger partial charge on any atom is 0.122 e. The van der Waals surface area contributed by atoms with Crippen molar-refractivity contribution in [1.82, 2.24) is 4.98 Å². The zero-order chi connectivity index (χ0) is 10.8. The number of thiazole rings is 1. The Labute approximate surface area is 94.0 Å². The van der Waals surface area contributed by atoms with Crippen LogP contribution >= 0.6 is 11.3 Å². The molecular formula is C12H15NOS. The van der Waals surface area contributed by atoms with Gasteiger partial charge in [0.1, 0.15) is 6.10 Å². The van der Waals surface area contributed by atoms with E-state index in [1.807, 2.05) is 6.92 Å². The van der Waals surface area contributed by atoms with Crippen molar-refractivity contribution in [1.29, 1.82) is 0 Å². The molecule has 0 saturated carbocycles. The molecule has 3 heteroatoms. The lowest BCUT2D eigenvalue weighted by atomic mass is 9.95. The normalized spacial score (nSPS) is 18.3. The summed E-state index contributed by atoms with van der Waals surface area (Å²) in [5.74, 6) is 0. The molecule has 2 rings (SSSR count). The van der Waals surface area contributed by atoms with E-state index in [1.165, 1.54) is 5.57 Å². The quantitative estimate of drug-likeness (QED) is 0.832. The summed E-state index contributed by atoms with van der Waals surface area (Å²) in [5, 5.41) is 10.2. The highest BCUT2D eigenvalue weighted by Crippen LogP contribution is 2.30. The predicted molar refractivity (Wildman–Crippen MR) is 62.9 cm³/mol. The number of nitrogens with zero attached hydrogens (tertiary/aromatic N) is 1. The van der Waals surface area contributed by atoms with Crippen molar-refractivity contribution in [2.75, 3.05) is 0 Å². The van der Waals surface area contributed by atoms with E-state index in [1.54, 1.807) is 16.8 Å². The lowest BCUT2D eigenvalue weighted by Crippen LogP contribution is -2.04. The molecule has 0 bridgehead atoms. The van der Waals surface area contributed by atoms with Crippen molar-refractivity contribution in [2.24, 2.45) is 0 Å². The van der Waals surface area contributed by atoms with Crippen molar-refractivity contribution in [3.63, 3.8) is 0 Å². The van der Waals surface area contributed by atoms with Crippen LogP contribution in [-0.4, -0.2) is 10.1 Å². The Morgan fingerprint density at radius 2 is 2.27 bits per heavy atom. The largest absolute Gasteiger partial charge is 0.382 e. The summed E-state index contributed by atoms with van der Waals surface area (Å²) in [6, 6.07) is 0. The lowest BCUT2D eigenvalue weighted by Gasteiger charge is -2.15. The van der Waals surface area contributed by atoms with E-state index in [-0.39, 0.29) is 0 Å². The van der Waals surface area contributed by atoms with Crippen molar-refractivity contribution >= 4 is 11.3 Å². The molecule has 0 fully saturated rings. The smallest absolute Gasteiger partial charge is 0.122 e. The van der Waals surface area contributed by atoms with E-state index in [9.17, 15) is 5.11 Å². The maximum absolute atomic E-state index is 10.2. The van der Waals surface area contributed by atoms with Crippen LogP contribution in [0.2, 0.25) is 0 Å². The van der Waals surface area contributed by atoms with Gasteiger partial charge in [0.05, 0.1) is 11.2 Å². The zero-order valence-corrected chi connectivity index (χ0v) is 9.84. The van der Waals surface area contributed by atoms with Gasteiger partial charge in [0.15, 0.2) is 0 Å². The molecule has 0 radical (unpaired) electrons. The van der Waals surface area contributed by atoms with Crippen LogP contribution in [0.4, 0.5) is 0 Å². The van der Waals surface area contributed by atoms with Gasteiger partial charge in [-0.3, -0.25) is 0 Å². The van der Waals surface area contributed by atoms with Crippen LogP contribution in [0, 0.1) is 6.92 Å². The Bertz CT molecular complexity index is 417. The van der Waals surface area contributed by atoms with Crippen LogP contribution in [0.25, 0.3) is 0 Å². The Hall–Kier alpha value is -0.930. The fourth-order valence-electron chi connectivity index (χ4n) is 1.81. The lowest BCUT2D eigenvalue weighted by molar-refractivity contribution is 0.213. The first-order valence-electron chi connectivity index (χ1n) is 5.14. The van der Waals surface area contributed by atoms with Crippen LogP contribution in [0.5, 0.6) is 0 Å². The van der Waals surface area contributed by atoms with Crippen LogP contribution < -0.4 is 0 Å². The number of hydrogen-bond donors (Lipinski definition) is 1. The van der Waals surface area contributed by atoms with Gasteiger partial charge in [0, 0.05) is 4.88 Å². The first-order valence-corrected chi connectivity index (χ1v) is 6.01. The number of hydrogen-bond acceptors (Lipinski definition) is 3. The van der Waals surface area contributed by atoms with Gasteiger partial charge in [0.2, 0.25) is 0 Å². The van der Waals surface area contributed by atoms with Crippen molar-refractivity contribution < 1.29 is 5.11 Å². The van der Waals surface area contributed by atoms with E-state index in [0.29, 0.717) is 0 Å². The Kier molecular flexibility index (Phi) is 3.03. The molecule has 1 unspecified atom stereocenters. The second-order valence-electron chi connectivity index (χ2n) is 3.93. The van der Waals surface area contributed by atoms with Crippen LogP contribution in [-0.2, 0) is 0 Å². The van der Waals surface area contributed by atoms with E-state index in [2.05, 4.69) is 24.1 Å². The van der Waals surface area contributed by atoms with Crippen LogP contribution in [0.1, 0.15) is 36.4 Å². The van der Waals surface area contributed by atoms with Crippen molar-refractivity contribution in [2.45, 2.75) is 32.8 Å². The molecule has 80 valence electrons. The molecule has 1 aliphatic rings. The molecule has 1 N–H and O–H groups in total. The standard InChI is InChI=1S/C12H15NOS/c1-8-4-3-5-10(6-8)12(14)11-9(2)15-7-13-11/h5-7,12,14H,3-4H2,1-2H3. The second kappa shape index (κ2) is 4.29. The average molecular weight is 221 g/mol. The third-order valence-corrected chi connectivity index (χ3v) is 3.46. The van der Waals surface area contributed by atoms with E-state index in [4.69, 9.17) is 0 Å². The summed E-state index contributed by atoms with van der Waals surface area (Å²) in [6.07, 6.45) is 5.76. The Balaban J connectivity index is 2.26. The van der Waals surface area contributed by atoms with Crippen molar-refractivity contribution in [3.05, 3.63) is 39.4 Å². The highest BCUT2D eigenvalue weighted by Gasteiger charge is 2.17. The first kappa shape index (κ1) is 10.6. The number of aliphatic hydroxyl groups excluding tert-OH is 1. The number of aromatic nitrogens is 1. The van der Waals surface area contributed by atoms with Gasteiger partial charge >= 0.3 is 0 Å². The number of rotatable bonds is 2. The minimum atomic E-state index is -0.550. The molecule has 0 spiro atoms. The van der Waals surface area contributed by atoms with E-state index < -0.39 is 6.10 Å². The topological polar surface area (TPSA) is 33.1 Å². The molecule has 2 nitrogen and oxygen atoms in total. The molecule has 1 heterocycles. The maximum atomic E-state index is 10.2. The van der Waals surface area contributed by atoms with Crippen LogP contribution in [0.15, 0.2) is 28.8 Å². The van der Waals surface area contributed by atoms with Gasteiger partial charge in [0.25, 0.3) is 0 Å². The third kappa shape index (κ3) is 2.19. The number of aliphatic hydroxyl groups is 1. The summed E-state index contributed by atoms with van der Waals surface area (Å²) in [4.78, 5) is 5.31. The second-order valence-corrected chi connectivity index (χ2v) is 4.99. The predicted octanol–water partition coefficient (Wildman–Crippen LogP) is 3.15. The molecular weight excluding hydrogens is 206 g/mol. The minimum absolute atomic E-state index is 0.550. The fourth-order valence-corrected chi connectivity index (χ4v) is 2.42. The molecule has 0 amide bonds. The summed E-state index contributed by atoms with van der Waals surface area (Å²) in [7, 11) is 0. The molecule has 0 aliphatic heterocycles. The summed E-state index contributed by atoms with van der Waals surface area (Å²) in [6.45, 7) is 4.10. The fraction of sp³-hybridized carbons (Fsp3) is 0.417. The third-order valence-electron chi connectivity index (χ3n) is 2.69. The van der Waals surface area contributed by atoms with Gasteiger partial charge < -0.3 is 5.11 Å². The zero-order valence-electron chi connectivity index (χ0n) is 9.03. The van der Waals surface area contributed by atoms with Crippen LogP contribution in [0.3, 0.4) is 0 Å². The van der Waals surface area contributed by atoms with Gasteiger partial charge in [-0.2, -0.15) is 0 Å². The highest BCUT2D eigenvalue weighted by molar-refractivity contribution is 7.09. The van der Waals surface area contributed by atoms with Gasteiger partial charge in [-0.15, -0.1) is 11.3 Å². The molecule has 1 aromatic rings. The average Bonchev–Trinajstić information content (AvgIpc) is 2.63. The highest BCUT2D eigenvalue weighted by atomic mass is 32.1. The molecule has 0 saturated heterocycles. The molecule has 1 aromatic heterocycles. The minimum Gasteiger partial charge on any atom is -0.382 e. The summed E-state index contributed by atoms with van der Waals surface area (Å²) >= 11 is 1.58. The van der Waals surface area contributed by atoms with E-state index in [0.717, 1.165) is 29.0 Å². The summed E-state index contributed by atoms with van der Waals surface area (Å²) in [5.41, 5.74) is 4.91. The van der Waals surface area contributed by atoms with E-state index >= 15 is 0 Å². The van der Waals surface area contributed by atoms with Gasteiger partial charge in [-0.1, -0.05) is 17.7 Å². The van der Waals surface area contributed by atoms with Gasteiger partial charge in [-0.25, -0.2) is 4.98 Å². The molecule has 0 aromatic carbocycles. The Morgan fingerprint density at radius 1 is 1.47 bits per heavy atom. The monoisotopic (exact) mass is 221 g/mol. The summed E-state index contributed by atoms with van der Waals surface area (Å²) < 4.78 is 0. The first-order chi connectivity index (χ1) is 7.18. The SMILES string of the molecule is CC1=CC(C(O)c2ncsc2C)=CCC1. The molecule has 15 heavy (non-hydrogen) atoms. The molecule has 1 atom stereocenters.